The summed E-state index contributed by atoms with van der Waals surface area (Å²) in [6.45, 7) is 10.9. The summed E-state index contributed by atoms with van der Waals surface area (Å²) in [5.74, 6) is -1.28. The van der Waals surface area contributed by atoms with Crippen molar-refractivity contribution in [3.05, 3.63) is 29.6 Å². The maximum atomic E-state index is 14.3. The molecule has 0 saturated carbocycles. The van der Waals surface area contributed by atoms with Crippen LogP contribution in [0.1, 0.15) is 45.0 Å². The van der Waals surface area contributed by atoms with E-state index in [2.05, 4.69) is 0 Å². The van der Waals surface area contributed by atoms with Gasteiger partial charge < -0.3 is 19.3 Å². The first-order valence-corrected chi connectivity index (χ1v) is 8.83. The number of hydrogen-bond donors (Lipinski definition) is 0. The average Bonchev–Trinajstić information content (AvgIpc) is 2.53. The van der Waals surface area contributed by atoms with Crippen LogP contribution in [0, 0.1) is 5.82 Å². The van der Waals surface area contributed by atoms with Gasteiger partial charge in [-0.2, -0.15) is 0 Å². The van der Waals surface area contributed by atoms with Gasteiger partial charge in [0.2, 0.25) is 0 Å². The Morgan fingerprint density at radius 2 is 1.96 bits per heavy atom. The molecule has 1 fully saturated rings. The minimum absolute atomic E-state index is 0.0731. The Labute approximate surface area is 153 Å². The van der Waals surface area contributed by atoms with Crippen molar-refractivity contribution in [1.29, 1.82) is 0 Å². The van der Waals surface area contributed by atoms with Crippen LogP contribution in [0.15, 0.2) is 18.2 Å². The van der Waals surface area contributed by atoms with E-state index in [9.17, 15) is 14.0 Å². The van der Waals surface area contributed by atoms with Crippen LogP contribution >= 0.6 is 0 Å². The van der Waals surface area contributed by atoms with Gasteiger partial charge in [-0.05, 0) is 52.8 Å². The van der Waals surface area contributed by atoms with Gasteiger partial charge in [-0.25, -0.2) is 14.0 Å². The highest BCUT2D eigenvalue weighted by molar-refractivity contribution is 5.90. The first-order chi connectivity index (χ1) is 12.1. The normalized spacial score (nSPS) is 17.8. The number of anilines is 1. The summed E-state index contributed by atoms with van der Waals surface area (Å²) >= 11 is 0. The molecular formula is C19H27FN2O4. The van der Waals surface area contributed by atoms with Gasteiger partial charge in [-0.3, -0.25) is 0 Å². The summed E-state index contributed by atoms with van der Waals surface area (Å²) in [5, 5.41) is 0. The Morgan fingerprint density at radius 3 is 2.50 bits per heavy atom. The summed E-state index contributed by atoms with van der Waals surface area (Å²) in [4.78, 5) is 27.7. The topological polar surface area (TPSA) is 59.1 Å². The van der Waals surface area contributed by atoms with Gasteiger partial charge in [0.05, 0.1) is 12.2 Å². The number of ether oxygens (including phenoxy) is 2. The number of esters is 1. The second kappa shape index (κ2) is 7.93. The van der Waals surface area contributed by atoms with Crippen LogP contribution in [0.3, 0.4) is 0 Å². The number of amides is 1. The lowest BCUT2D eigenvalue weighted by molar-refractivity contribution is 0.0158. The average molecular weight is 366 g/mol. The molecule has 0 unspecified atom stereocenters. The molecular weight excluding hydrogens is 339 g/mol. The van der Waals surface area contributed by atoms with E-state index in [1.54, 1.807) is 17.9 Å². The van der Waals surface area contributed by atoms with Crippen molar-refractivity contribution in [2.24, 2.45) is 0 Å². The van der Waals surface area contributed by atoms with Crippen LogP contribution in [-0.4, -0.2) is 54.8 Å². The molecule has 0 spiro atoms. The van der Waals surface area contributed by atoms with Crippen molar-refractivity contribution in [2.75, 3.05) is 31.1 Å². The molecule has 144 valence electrons. The Kier molecular flexibility index (Phi) is 6.10. The van der Waals surface area contributed by atoms with E-state index >= 15 is 0 Å². The van der Waals surface area contributed by atoms with Crippen LogP contribution in [0.2, 0.25) is 0 Å². The van der Waals surface area contributed by atoms with Gasteiger partial charge >= 0.3 is 12.1 Å². The minimum Gasteiger partial charge on any atom is -0.462 e. The molecule has 1 aromatic carbocycles. The molecule has 2 rings (SSSR count). The quantitative estimate of drug-likeness (QED) is 0.767. The largest absolute Gasteiger partial charge is 0.462 e. The lowest BCUT2D eigenvalue weighted by atomic mass is 10.1. The number of hydrogen-bond acceptors (Lipinski definition) is 5. The number of rotatable bonds is 3. The number of halogens is 1. The molecule has 0 radical (unpaired) electrons. The molecule has 1 aliphatic rings. The van der Waals surface area contributed by atoms with Gasteiger partial charge in [0.25, 0.3) is 0 Å². The third kappa shape index (κ3) is 4.86. The second-order valence-electron chi connectivity index (χ2n) is 7.35. The van der Waals surface area contributed by atoms with Gasteiger partial charge in [0.15, 0.2) is 0 Å². The maximum Gasteiger partial charge on any atom is 0.410 e. The number of benzene rings is 1. The number of piperazine rings is 1. The summed E-state index contributed by atoms with van der Waals surface area (Å²) < 4.78 is 24.5. The van der Waals surface area contributed by atoms with E-state index in [1.807, 2.05) is 32.6 Å². The maximum absolute atomic E-state index is 14.3. The third-order valence-electron chi connectivity index (χ3n) is 4.07. The van der Waals surface area contributed by atoms with Crippen molar-refractivity contribution < 1.29 is 23.5 Å². The number of carbonyl (C=O) groups is 2. The van der Waals surface area contributed by atoms with Gasteiger partial charge in [-0.1, -0.05) is 0 Å². The molecule has 1 saturated heterocycles. The molecule has 0 aromatic heterocycles. The summed E-state index contributed by atoms with van der Waals surface area (Å²) in [5.41, 5.74) is 0.0577. The zero-order valence-electron chi connectivity index (χ0n) is 16.0. The summed E-state index contributed by atoms with van der Waals surface area (Å²) in [6.07, 6.45) is -0.339. The van der Waals surface area contributed by atoms with E-state index in [-0.39, 0.29) is 24.3 Å². The smallest absolute Gasteiger partial charge is 0.410 e. The van der Waals surface area contributed by atoms with Crippen molar-refractivity contribution in [3.8, 4) is 0 Å². The van der Waals surface area contributed by atoms with Crippen molar-refractivity contribution >= 4 is 17.7 Å². The molecule has 6 nitrogen and oxygen atoms in total. The molecule has 0 N–H and O–H groups in total. The Bertz CT molecular complexity index is 672. The molecule has 26 heavy (non-hydrogen) atoms. The second-order valence-corrected chi connectivity index (χ2v) is 7.35. The summed E-state index contributed by atoms with van der Waals surface area (Å²) in [7, 11) is 0. The minimum atomic E-state index is -0.667. The van der Waals surface area contributed by atoms with E-state index in [0.29, 0.717) is 25.3 Å². The lowest BCUT2D eigenvalue weighted by Gasteiger charge is -2.41. The van der Waals surface area contributed by atoms with Gasteiger partial charge in [-0.15, -0.1) is 0 Å². The van der Waals surface area contributed by atoms with E-state index in [4.69, 9.17) is 9.47 Å². The molecule has 1 aromatic rings. The SMILES string of the molecule is CCOC(=O)c1ccc(N2CCN(C(=O)OC(C)(C)C)[C@H](C)C2)cc1F. The predicted octanol–water partition coefficient (Wildman–Crippen LogP) is 3.45. The van der Waals surface area contributed by atoms with Crippen molar-refractivity contribution in [2.45, 2.75) is 46.3 Å². The van der Waals surface area contributed by atoms with Gasteiger partial charge in [0.1, 0.15) is 11.4 Å². The molecule has 0 aliphatic carbocycles. The zero-order valence-corrected chi connectivity index (χ0v) is 16.0. The van der Waals surface area contributed by atoms with Crippen molar-refractivity contribution in [3.63, 3.8) is 0 Å². The van der Waals surface area contributed by atoms with E-state index in [0.717, 1.165) is 0 Å². The van der Waals surface area contributed by atoms with Crippen LogP contribution in [0.5, 0.6) is 0 Å². The first kappa shape index (κ1) is 20.0. The van der Waals surface area contributed by atoms with Crippen molar-refractivity contribution in [1.82, 2.24) is 4.90 Å². The van der Waals surface area contributed by atoms with Crippen LogP contribution in [0.4, 0.5) is 14.9 Å². The zero-order chi connectivity index (χ0) is 19.5. The fourth-order valence-electron chi connectivity index (χ4n) is 2.86. The van der Waals surface area contributed by atoms with E-state index in [1.165, 1.54) is 12.1 Å². The Balaban J connectivity index is 2.05. The standard InChI is InChI=1S/C19H27FN2O4/c1-6-25-17(23)15-8-7-14(11-16(15)20)21-9-10-22(13(2)12-21)18(24)26-19(3,4)5/h7-8,11,13H,6,9-10,12H2,1-5H3/t13-/m1/s1. The number of carbonyl (C=O) groups excluding carboxylic acids is 2. The molecule has 0 bridgehead atoms. The number of nitrogens with zero attached hydrogens (tertiary/aromatic N) is 2. The van der Waals surface area contributed by atoms with Crippen LogP contribution in [-0.2, 0) is 9.47 Å². The Hall–Kier alpha value is -2.31. The highest BCUT2D eigenvalue weighted by Crippen LogP contribution is 2.23. The molecule has 1 amide bonds. The summed E-state index contributed by atoms with van der Waals surface area (Å²) in [6, 6.07) is 4.40. The third-order valence-corrected chi connectivity index (χ3v) is 4.07. The highest BCUT2D eigenvalue weighted by atomic mass is 19.1. The molecule has 1 aliphatic heterocycles. The fourth-order valence-corrected chi connectivity index (χ4v) is 2.86. The van der Waals surface area contributed by atoms with Crippen LogP contribution in [0.25, 0.3) is 0 Å². The predicted molar refractivity (Wildman–Crippen MR) is 97.0 cm³/mol. The van der Waals surface area contributed by atoms with Crippen LogP contribution < -0.4 is 4.90 Å². The first-order valence-electron chi connectivity index (χ1n) is 8.83. The molecule has 7 heteroatoms. The molecule has 1 atom stereocenters. The monoisotopic (exact) mass is 366 g/mol. The molecule has 1 heterocycles. The Morgan fingerprint density at radius 1 is 1.27 bits per heavy atom. The fraction of sp³-hybridized carbons (Fsp3) is 0.579. The van der Waals surface area contributed by atoms with E-state index < -0.39 is 17.4 Å². The lowest BCUT2D eigenvalue weighted by Crippen LogP contribution is -2.55. The highest BCUT2D eigenvalue weighted by Gasteiger charge is 2.31. The van der Waals surface area contributed by atoms with Gasteiger partial charge in [0, 0.05) is 31.4 Å².